The number of carbonyl (C=O) groups excluding carboxylic acids is 1. The summed E-state index contributed by atoms with van der Waals surface area (Å²) in [7, 11) is 0. The van der Waals surface area contributed by atoms with Gasteiger partial charge in [0.1, 0.15) is 19.0 Å². The highest BCUT2D eigenvalue weighted by molar-refractivity contribution is 6.01. The highest BCUT2D eigenvalue weighted by Gasteiger charge is 2.54. The number of nitrogens with one attached hydrogen (secondary N) is 1. The van der Waals surface area contributed by atoms with E-state index in [2.05, 4.69) is 25.4 Å². The number of aliphatic hydroxyl groups is 1. The minimum atomic E-state index is -1.69. The van der Waals surface area contributed by atoms with Crippen molar-refractivity contribution in [3.8, 4) is 17.2 Å². The van der Waals surface area contributed by atoms with Crippen LogP contribution in [0.25, 0.3) is 20.9 Å². The van der Waals surface area contributed by atoms with Crippen molar-refractivity contribution in [2.45, 2.75) is 44.1 Å². The average molecular weight is 829 g/mol. The van der Waals surface area contributed by atoms with Crippen LogP contribution in [0.5, 0.6) is 17.2 Å². The molecule has 1 aliphatic heterocycles. The van der Waals surface area contributed by atoms with Crippen LogP contribution in [0.15, 0.2) is 167 Å². The summed E-state index contributed by atoms with van der Waals surface area (Å²) in [5, 5.41) is 20.2. The first-order chi connectivity index (χ1) is 30.5. The van der Waals surface area contributed by atoms with Crippen molar-refractivity contribution >= 4 is 23.2 Å². The van der Waals surface area contributed by atoms with Gasteiger partial charge in [-0.1, -0.05) is 125 Å². The van der Waals surface area contributed by atoms with Gasteiger partial charge in [-0.2, -0.15) is 0 Å². The topological polar surface area (TPSA) is 196 Å². The van der Waals surface area contributed by atoms with Gasteiger partial charge in [0, 0.05) is 58.3 Å². The molecular weight excluding hydrogens is 785 g/mol. The fraction of sp³-hybridized carbons (Fsp3) is 0.208. The molecule has 0 aromatic heterocycles. The Labute approximate surface area is 358 Å². The van der Waals surface area contributed by atoms with Gasteiger partial charge < -0.3 is 29.4 Å². The lowest BCUT2D eigenvalue weighted by molar-refractivity contribution is -0.128. The van der Waals surface area contributed by atoms with Crippen LogP contribution in [-0.4, -0.2) is 42.2 Å². The van der Waals surface area contributed by atoms with Crippen LogP contribution < -0.4 is 19.5 Å². The Morgan fingerprint density at radius 3 is 2.05 bits per heavy atom. The quantitative estimate of drug-likeness (QED) is 0.0332. The number of amides is 1. The molecule has 14 nitrogen and oxygen atoms in total. The molecule has 1 heterocycles. The van der Waals surface area contributed by atoms with E-state index in [9.17, 15) is 16.2 Å². The molecule has 0 saturated heterocycles. The number of ether oxygens (including phenoxy) is 4. The van der Waals surface area contributed by atoms with E-state index >= 15 is 4.79 Å². The Hall–Kier alpha value is -7.76. The lowest BCUT2D eigenvalue weighted by atomic mass is 9.81. The van der Waals surface area contributed by atoms with Gasteiger partial charge >= 0.3 is 0 Å². The zero-order chi connectivity index (χ0) is 43.0. The summed E-state index contributed by atoms with van der Waals surface area (Å²) in [4.78, 5) is 26.3. The van der Waals surface area contributed by atoms with E-state index < -0.39 is 17.6 Å². The van der Waals surface area contributed by atoms with E-state index in [0.717, 1.165) is 16.7 Å². The predicted molar refractivity (Wildman–Crippen MR) is 236 cm³/mol. The molecular formula is C48H44N8O6. The molecule has 2 atom stereocenters. The smallest absolute Gasteiger partial charge is 0.252 e. The van der Waals surface area contributed by atoms with Crippen LogP contribution in [0.2, 0.25) is 0 Å². The van der Waals surface area contributed by atoms with Crippen LogP contribution in [0, 0.1) is 0 Å². The Bertz CT molecular complexity index is 2580. The van der Waals surface area contributed by atoms with E-state index in [4.69, 9.17) is 23.9 Å². The van der Waals surface area contributed by atoms with Gasteiger partial charge in [-0.3, -0.25) is 4.79 Å². The van der Waals surface area contributed by atoms with Gasteiger partial charge in [0.05, 0.1) is 6.61 Å². The van der Waals surface area contributed by atoms with Crippen LogP contribution in [0.4, 0.5) is 11.4 Å². The fourth-order valence-corrected chi connectivity index (χ4v) is 7.09. The van der Waals surface area contributed by atoms with E-state index in [1.165, 1.54) is 0 Å². The number of hydrogen-bond donors (Lipinski definition) is 2. The third-order valence-electron chi connectivity index (χ3n) is 10.2. The second-order valence-corrected chi connectivity index (χ2v) is 14.4. The third-order valence-corrected chi connectivity index (χ3v) is 10.2. The Kier molecular flexibility index (Phi) is 14.3. The van der Waals surface area contributed by atoms with Crippen molar-refractivity contribution in [2.75, 3.05) is 19.8 Å². The molecule has 0 aliphatic carbocycles. The van der Waals surface area contributed by atoms with E-state index in [0.29, 0.717) is 72.3 Å². The average Bonchev–Trinajstić information content (AvgIpc) is 3.70. The van der Waals surface area contributed by atoms with Gasteiger partial charge in [0.25, 0.3) is 5.91 Å². The summed E-state index contributed by atoms with van der Waals surface area (Å²) < 4.78 is 25.0. The highest BCUT2D eigenvalue weighted by Crippen LogP contribution is 2.46. The minimum Gasteiger partial charge on any atom is -0.494 e. The van der Waals surface area contributed by atoms with E-state index in [1.54, 1.807) is 72.8 Å². The summed E-state index contributed by atoms with van der Waals surface area (Å²) in [5.41, 5.74) is 22.4. The number of aliphatic imine (C=N–C) groups is 1. The van der Waals surface area contributed by atoms with Crippen molar-refractivity contribution < 1.29 is 28.8 Å². The van der Waals surface area contributed by atoms with Crippen molar-refractivity contribution in [3.63, 3.8) is 0 Å². The molecule has 1 amide bonds. The number of carbonyl (C=O) groups is 1. The maximum atomic E-state index is 15.1. The minimum absolute atomic E-state index is 0.00896. The number of azide groups is 2. The van der Waals surface area contributed by atoms with Crippen molar-refractivity contribution in [1.29, 1.82) is 0 Å². The molecule has 6 aromatic rings. The number of benzene rings is 6. The van der Waals surface area contributed by atoms with Crippen molar-refractivity contribution in [3.05, 3.63) is 206 Å². The predicted octanol–water partition coefficient (Wildman–Crippen LogP) is 10.3. The molecule has 1 aliphatic rings. The Balaban J connectivity index is 1.21. The first-order valence-corrected chi connectivity index (χ1v) is 20.1. The summed E-state index contributed by atoms with van der Waals surface area (Å²) in [6.45, 7) is 1.25. The molecule has 7 rings (SSSR count). The molecule has 312 valence electrons. The maximum Gasteiger partial charge on any atom is 0.252 e. The normalized spacial score (nSPS) is 15.2. The molecule has 14 heteroatoms. The largest absolute Gasteiger partial charge is 0.494 e. The molecule has 0 unspecified atom stereocenters. The molecule has 62 heavy (non-hydrogen) atoms. The summed E-state index contributed by atoms with van der Waals surface area (Å²) in [6.07, 6.45) is -0.221. The second-order valence-electron chi connectivity index (χ2n) is 14.4. The highest BCUT2D eigenvalue weighted by atomic mass is 16.5. The summed E-state index contributed by atoms with van der Waals surface area (Å²) in [5.74, 6) is 1.46. The third kappa shape index (κ3) is 10.5. The van der Waals surface area contributed by atoms with Crippen molar-refractivity contribution in [2.24, 2.45) is 15.2 Å². The van der Waals surface area contributed by atoms with Gasteiger partial charge in [-0.15, -0.1) is 0 Å². The van der Waals surface area contributed by atoms with Crippen molar-refractivity contribution in [1.82, 2.24) is 5.32 Å². The molecule has 6 aromatic carbocycles. The summed E-state index contributed by atoms with van der Waals surface area (Å²) >= 11 is 0. The number of hydrogen-bond acceptors (Lipinski definition) is 9. The first-order valence-electron chi connectivity index (χ1n) is 20.1. The SMILES string of the molecule is [N-]=[N+]=Nc1ccccc1C[C@@]1(C(=O)NCCc2ccc(OCc3ccccc3)c(OCc3ccccc3)c2)N=C(c2ccc(OCCCO)cc2)O[C@@H]1c1ccccc1N=[N+]=[N-]. The number of aliphatic hydroxyl groups excluding tert-OH is 1. The van der Waals surface area contributed by atoms with Gasteiger partial charge in [0.15, 0.2) is 23.1 Å². The molecule has 0 bridgehead atoms. The lowest BCUT2D eigenvalue weighted by Crippen LogP contribution is -2.50. The van der Waals surface area contributed by atoms with Crippen LogP contribution in [0.1, 0.15) is 45.9 Å². The van der Waals surface area contributed by atoms with Gasteiger partial charge in [0.2, 0.25) is 5.90 Å². The molecule has 0 fully saturated rings. The van der Waals surface area contributed by atoms with E-state index in [-0.39, 0.29) is 31.2 Å². The molecule has 0 saturated carbocycles. The second kappa shape index (κ2) is 21.0. The zero-order valence-corrected chi connectivity index (χ0v) is 33.8. The lowest BCUT2D eigenvalue weighted by Gasteiger charge is -2.32. The first kappa shape index (κ1) is 42.4. The zero-order valence-electron chi connectivity index (χ0n) is 33.8. The monoisotopic (exact) mass is 828 g/mol. The maximum absolute atomic E-state index is 15.1. The Morgan fingerprint density at radius 1 is 0.726 bits per heavy atom. The number of rotatable bonds is 20. The molecule has 0 radical (unpaired) electrons. The number of nitrogens with zero attached hydrogens (tertiary/aromatic N) is 7. The van der Waals surface area contributed by atoms with Crippen LogP contribution >= 0.6 is 0 Å². The molecule has 0 spiro atoms. The van der Waals surface area contributed by atoms with Crippen LogP contribution in [0.3, 0.4) is 0 Å². The van der Waals surface area contributed by atoms with Gasteiger partial charge in [-0.25, -0.2) is 4.99 Å². The fourth-order valence-electron chi connectivity index (χ4n) is 7.09. The Morgan fingerprint density at radius 2 is 1.35 bits per heavy atom. The standard InChI is InChI=1S/C48H44N8O6/c49-55-53-41-18-9-7-16-38(41)31-48(45(40-17-8-10-19-42(40)54-56-50)62-46(52-48)37-21-23-39(24-22-37)59-29-11-28-57)47(58)51-27-26-34-20-25-43(60-32-35-12-3-1-4-13-35)44(30-34)61-33-36-14-5-2-6-15-36/h1-10,12-25,30,45,57H,11,26-29,31-33H2,(H,51,58)/t45-,48-/m1/s1. The summed E-state index contributed by atoms with van der Waals surface area (Å²) in [6, 6.07) is 46.4. The van der Waals surface area contributed by atoms with Gasteiger partial charge in [-0.05, 0) is 76.1 Å². The molecule has 2 N–H and O–H groups in total. The van der Waals surface area contributed by atoms with E-state index in [1.807, 2.05) is 78.9 Å². The van der Waals surface area contributed by atoms with Crippen LogP contribution in [-0.2, 0) is 35.6 Å².